The van der Waals surface area contributed by atoms with E-state index in [0.717, 1.165) is 19.2 Å². The van der Waals surface area contributed by atoms with E-state index in [1.807, 2.05) is 0 Å². The molecule has 0 saturated carbocycles. The third-order valence-electron chi connectivity index (χ3n) is 1.96. The van der Waals surface area contributed by atoms with Crippen LogP contribution in [-0.4, -0.2) is 13.1 Å². The van der Waals surface area contributed by atoms with Crippen molar-refractivity contribution in [3.8, 4) is 6.07 Å². The summed E-state index contributed by atoms with van der Waals surface area (Å²) in [6.07, 6.45) is -2.78. The molecule has 1 aromatic carbocycles. The summed E-state index contributed by atoms with van der Waals surface area (Å²) in [7, 11) is 1.16. The van der Waals surface area contributed by atoms with E-state index in [0.29, 0.717) is 0 Å². The molecule has 3 nitrogen and oxygen atoms in total. The number of hydrogen-bond acceptors (Lipinski definition) is 4. The van der Waals surface area contributed by atoms with Gasteiger partial charge in [-0.3, -0.25) is 0 Å². The third-order valence-corrected chi connectivity index (χ3v) is 2.43. The topological polar surface area (TPSA) is 50.1 Å². The lowest BCUT2D eigenvalue weighted by Gasteiger charge is -2.08. The van der Waals surface area contributed by atoms with Crippen LogP contribution in [-0.2, 0) is 4.74 Å². The van der Waals surface area contributed by atoms with Crippen molar-refractivity contribution in [2.24, 2.45) is 0 Å². The molecule has 0 fully saturated rings. The van der Waals surface area contributed by atoms with Gasteiger partial charge in [-0.15, -0.1) is 12.6 Å². The van der Waals surface area contributed by atoms with Crippen LogP contribution < -0.4 is 0 Å². The Hall–Kier alpha value is -1.61. The van der Waals surface area contributed by atoms with Gasteiger partial charge in [0.25, 0.3) is 6.43 Å². The lowest BCUT2D eigenvalue weighted by molar-refractivity contribution is 0.0596. The van der Waals surface area contributed by atoms with Gasteiger partial charge in [0.2, 0.25) is 0 Å². The van der Waals surface area contributed by atoms with Crippen LogP contribution in [0.25, 0.3) is 0 Å². The molecule has 6 heteroatoms. The number of rotatable bonds is 2. The van der Waals surface area contributed by atoms with Crippen LogP contribution in [0.4, 0.5) is 8.78 Å². The number of carbonyl (C=O) groups is 1. The van der Waals surface area contributed by atoms with E-state index in [9.17, 15) is 13.6 Å². The smallest absolute Gasteiger partial charge is 0.339 e. The number of hydrogen-bond donors (Lipinski definition) is 1. The van der Waals surface area contributed by atoms with Crippen LogP contribution in [0.15, 0.2) is 17.0 Å². The number of carbonyl (C=O) groups excluding carboxylic acids is 1. The summed E-state index contributed by atoms with van der Waals surface area (Å²) >= 11 is 3.89. The van der Waals surface area contributed by atoms with Crippen molar-refractivity contribution in [2.75, 3.05) is 7.11 Å². The van der Waals surface area contributed by atoms with Gasteiger partial charge in [-0.05, 0) is 6.07 Å². The number of thiol groups is 1. The minimum absolute atomic E-state index is 0.00761. The molecule has 84 valence electrons. The Morgan fingerprint density at radius 2 is 2.19 bits per heavy atom. The minimum atomic E-state index is -2.78. The molecule has 0 N–H and O–H groups in total. The van der Waals surface area contributed by atoms with Gasteiger partial charge in [0, 0.05) is 10.5 Å². The Labute approximate surface area is 96.0 Å². The second-order valence-electron chi connectivity index (χ2n) is 2.83. The Morgan fingerprint density at radius 3 is 2.62 bits per heavy atom. The number of benzene rings is 1. The maximum Gasteiger partial charge on any atom is 0.339 e. The van der Waals surface area contributed by atoms with Crippen LogP contribution in [0.5, 0.6) is 0 Å². The average molecular weight is 243 g/mol. The lowest BCUT2D eigenvalue weighted by Crippen LogP contribution is -2.05. The predicted octanol–water partition coefficient (Wildman–Crippen LogP) is 2.57. The standard InChI is InChI=1S/C10H7F2NO2S/c1-15-10(14)6-3-2-5(9(11)12)7(4-13)8(6)16/h2-3,9,16H,1H3. The van der Waals surface area contributed by atoms with E-state index in [-0.39, 0.29) is 16.0 Å². The number of nitriles is 1. The minimum Gasteiger partial charge on any atom is -0.465 e. The fourth-order valence-corrected chi connectivity index (χ4v) is 1.53. The molecule has 0 unspecified atom stereocenters. The maximum absolute atomic E-state index is 12.5. The van der Waals surface area contributed by atoms with E-state index in [2.05, 4.69) is 17.4 Å². The summed E-state index contributed by atoms with van der Waals surface area (Å²) in [5, 5.41) is 8.74. The quantitative estimate of drug-likeness (QED) is 0.641. The molecule has 0 aliphatic rings. The Kier molecular flexibility index (Phi) is 3.85. The maximum atomic E-state index is 12.5. The molecule has 0 atom stereocenters. The van der Waals surface area contributed by atoms with Crippen molar-refractivity contribution in [2.45, 2.75) is 11.3 Å². The highest BCUT2D eigenvalue weighted by Gasteiger charge is 2.20. The molecular formula is C10H7F2NO2S. The highest BCUT2D eigenvalue weighted by atomic mass is 32.1. The largest absolute Gasteiger partial charge is 0.465 e. The van der Waals surface area contributed by atoms with Gasteiger partial charge in [0.1, 0.15) is 6.07 Å². The summed E-state index contributed by atoms with van der Waals surface area (Å²) in [4.78, 5) is 11.1. The van der Waals surface area contributed by atoms with Crippen molar-refractivity contribution in [3.63, 3.8) is 0 Å². The molecule has 0 radical (unpaired) electrons. The number of alkyl halides is 2. The molecule has 0 aliphatic carbocycles. The van der Waals surface area contributed by atoms with Gasteiger partial charge in [0.15, 0.2) is 0 Å². The van der Waals surface area contributed by atoms with Crippen LogP contribution in [0.3, 0.4) is 0 Å². The first-order chi connectivity index (χ1) is 7.52. The molecule has 0 amide bonds. The van der Waals surface area contributed by atoms with Gasteiger partial charge in [0.05, 0.1) is 18.2 Å². The number of ether oxygens (including phenoxy) is 1. The van der Waals surface area contributed by atoms with E-state index in [4.69, 9.17) is 5.26 Å². The molecule has 0 bridgehead atoms. The van der Waals surface area contributed by atoms with Crippen molar-refractivity contribution in [1.82, 2.24) is 0 Å². The monoisotopic (exact) mass is 243 g/mol. The first-order valence-corrected chi connectivity index (χ1v) is 4.60. The second-order valence-corrected chi connectivity index (χ2v) is 3.28. The molecule has 0 heterocycles. The van der Waals surface area contributed by atoms with Crippen molar-refractivity contribution in [3.05, 3.63) is 28.8 Å². The highest BCUT2D eigenvalue weighted by molar-refractivity contribution is 7.80. The summed E-state index contributed by atoms with van der Waals surface area (Å²) in [6, 6.07) is 3.79. The molecule has 0 saturated heterocycles. The number of nitrogens with zero attached hydrogens (tertiary/aromatic N) is 1. The fraction of sp³-hybridized carbons (Fsp3) is 0.200. The molecule has 0 spiro atoms. The van der Waals surface area contributed by atoms with Gasteiger partial charge in [-0.1, -0.05) is 6.07 Å². The molecule has 1 rings (SSSR count). The van der Waals surface area contributed by atoms with Crippen molar-refractivity contribution in [1.29, 1.82) is 5.26 Å². The first-order valence-electron chi connectivity index (χ1n) is 4.15. The van der Waals surface area contributed by atoms with Gasteiger partial charge >= 0.3 is 5.97 Å². The molecule has 0 aliphatic heterocycles. The highest BCUT2D eigenvalue weighted by Crippen LogP contribution is 2.29. The van der Waals surface area contributed by atoms with Crippen LogP contribution in [0, 0.1) is 11.3 Å². The van der Waals surface area contributed by atoms with E-state index in [1.54, 1.807) is 6.07 Å². The van der Waals surface area contributed by atoms with E-state index >= 15 is 0 Å². The van der Waals surface area contributed by atoms with Crippen LogP contribution in [0.2, 0.25) is 0 Å². The normalized spacial score (nSPS) is 10.0. The fourth-order valence-electron chi connectivity index (χ4n) is 1.18. The van der Waals surface area contributed by atoms with Gasteiger partial charge in [-0.25, -0.2) is 13.6 Å². The predicted molar refractivity (Wildman–Crippen MR) is 54.7 cm³/mol. The zero-order chi connectivity index (χ0) is 12.3. The Morgan fingerprint density at radius 1 is 1.56 bits per heavy atom. The summed E-state index contributed by atoms with van der Waals surface area (Å²) < 4.78 is 29.4. The Balaban J connectivity index is 3.42. The molecule has 1 aromatic rings. The molecule has 16 heavy (non-hydrogen) atoms. The van der Waals surface area contributed by atoms with Gasteiger partial charge in [-0.2, -0.15) is 5.26 Å². The van der Waals surface area contributed by atoms with Crippen molar-refractivity contribution < 1.29 is 18.3 Å². The molecule has 0 aromatic heterocycles. The Bertz CT molecular complexity index is 469. The van der Waals surface area contributed by atoms with Crippen LogP contribution >= 0.6 is 12.6 Å². The molecular weight excluding hydrogens is 236 g/mol. The first kappa shape index (κ1) is 12.5. The number of methoxy groups -OCH3 is 1. The van der Waals surface area contributed by atoms with Crippen molar-refractivity contribution >= 4 is 18.6 Å². The van der Waals surface area contributed by atoms with E-state index < -0.39 is 18.0 Å². The third kappa shape index (κ3) is 2.14. The SMILES string of the molecule is COC(=O)c1ccc(C(F)F)c(C#N)c1S. The van der Waals surface area contributed by atoms with Gasteiger partial charge < -0.3 is 4.74 Å². The summed E-state index contributed by atoms with van der Waals surface area (Å²) in [6.45, 7) is 0. The lowest BCUT2D eigenvalue weighted by atomic mass is 10.0. The zero-order valence-corrected chi connectivity index (χ0v) is 9.09. The summed E-state index contributed by atoms with van der Waals surface area (Å²) in [5.74, 6) is -0.720. The zero-order valence-electron chi connectivity index (χ0n) is 8.20. The average Bonchev–Trinajstić information content (AvgIpc) is 2.27. The second kappa shape index (κ2) is 4.94. The van der Waals surface area contributed by atoms with E-state index in [1.165, 1.54) is 0 Å². The number of halogens is 2. The summed E-state index contributed by atoms with van der Waals surface area (Å²) in [5.41, 5.74) is -0.756. The number of esters is 1. The van der Waals surface area contributed by atoms with Crippen LogP contribution in [0.1, 0.15) is 27.9 Å².